The summed E-state index contributed by atoms with van der Waals surface area (Å²) in [7, 11) is 1.78. The van der Waals surface area contributed by atoms with Gasteiger partial charge < -0.3 is 14.1 Å². The Hall–Kier alpha value is -1.69. The lowest BCUT2D eigenvalue weighted by atomic mass is 9.96. The Morgan fingerprint density at radius 3 is 2.60 bits per heavy atom. The van der Waals surface area contributed by atoms with Crippen molar-refractivity contribution < 1.29 is 9.15 Å². The Morgan fingerprint density at radius 2 is 1.92 bits per heavy atom. The summed E-state index contributed by atoms with van der Waals surface area (Å²) in [6.45, 7) is 7.27. The topological polar surface area (TPSA) is 41.7 Å². The summed E-state index contributed by atoms with van der Waals surface area (Å²) >= 11 is 0. The molecule has 5 heteroatoms. The third-order valence-corrected chi connectivity index (χ3v) is 4.98. The molecule has 1 aliphatic heterocycles. The van der Waals surface area contributed by atoms with Gasteiger partial charge in [-0.05, 0) is 55.6 Å². The van der Waals surface area contributed by atoms with E-state index in [1.165, 1.54) is 37.1 Å². The van der Waals surface area contributed by atoms with Crippen LogP contribution < -0.4 is 0 Å². The van der Waals surface area contributed by atoms with Crippen LogP contribution in [-0.2, 0) is 17.8 Å². The summed E-state index contributed by atoms with van der Waals surface area (Å²) in [5.74, 6) is 0.757. The lowest BCUT2D eigenvalue weighted by Gasteiger charge is -2.34. The van der Waals surface area contributed by atoms with E-state index in [-0.39, 0.29) is 0 Å². The van der Waals surface area contributed by atoms with E-state index < -0.39 is 0 Å². The molecule has 0 bridgehead atoms. The van der Waals surface area contributed by atoms with Crippen molar-refractivity contribution in [1.82, 2.24) is 14.8 Å². The molecule has 0 spiro atoms. The molecule has 0 aromatic carbocycles. The van der Waals surface area contributed by atoms with Crippen LogP contribution in [0, 0.1) is 5.92 Å². The highest BCUT2D eigenvalue weighted by Crippen LogP contribution is 2.21. The first-order chi connectivity index (χ1) is 12.3. The van der Waals surface area contributed by atoms with Crippen molar-refractivity contribution in [2.45, 2.75) is 25.9 Å². The molecule has 0 atom stereocenters. The van der Waals surface area contributed by atoms with Crippen LogP contribution in [0.1, 0.15) is 24.0 Å². The maximum absolute atomic E-state index is 5.25. The summed E-state index contributed by atoms with van der Waals surface area (Å²) in [4.78, 5) is 9.18. The zero-order chi connectivity index (χ0) is 17.3. The third kappa shape index (κ3) is 5.96. The SMILES string of the molecule is COCCN1CCC(CN(Cc2ccncc2)Cc2ccoc2)CC1. The number of pyridine rings is 1. The molecular formula is C20H29N3O2. The maximum Gasteiger partial charge on any atom is 0.0947 e. The second-order valence-electron chi connectivity index (χ2n) is 6.93. The molecule has 136 valence electrons. The molecule has 5 nitrogen and oxygen atoms in total. The molecule has 3 heterocycles. The number of ether oxygens (including phenoxy) is 1. The highest BCUT2D eigenvalue weighted by atomic mass is 16.5. The van der Waals surface area contributed by atoms with Crippen LogP contribution in [0.3, 0.4) is 0 Å². The molecule has 0 radical (unpaired) electrons. The summed E-state index contributed by atoms with van der Waals surface area (Å²) in [6.07, 6.45) is 9.89. The predicted molar refractivity (Wildman–Crippen MR) is 98.1 cm³/mol. The Bertz CT molecular complexity index is 580. The molecule has 25 heavy (non-hydrogen) atoms. The van der Waals surface area contributed by atoms with E-state index in [9.17, 15) is 0 Å². The number of methoxy groups -OCH3 is 1. The highest BCUT2D eigenvalue weighted by molar-refractivity contribution is 5.11. The lowest BCUT2D eigenvalue weighted by Crippen LogP contribution is -2.39. The van der Waals surface area contributed by atoms with E-state index in [1.54, 1.807) is 13.4 Å². The monoisotopic (exact) mass is 343 g/mol. The molecule has 2 aromatic rings. The van der Waals surface area contributed by atoms with E-state index in [0.717, 1.165) is 38.7 Å². The number of hydrogen-bond donors (Lipinski definition) is 0. The van der Waals surface area contributed by atoms with Crippen LogP contribution in [0.25, 0.3) is 0 Å². The van der Waals surface area contributed by atoms with Crippen molar-refractivity contribution in [1.29, 1.82) is 0 Å². The first kappa shape index (κ1) is 18.1. The van der Waals surface area contributed by atoms with Crippen molar-refractivity contribution in [2.24, 2.45) is 5.92 Å². The van der Waals surface area contributed by atoms with Gasteiger partial charge in [-0.3, -0.25) is 9.88 Å². The van der Waals surface area contributed by atoms with E-state index in [0.29, 0.717) is 0 Å². The van der Waals surface area contributed by atoms with Gasteiger partial charge in [0.05, 0.1) is 19.1 Å². The minimum atomic E-state index is 0.757. The molecule has 0 N–H and O–H groups in total. The van der Waals surface area contributed by atoms with Gasteiger partial charge in [0.2, 0.25) is 0 Å². The third-order valence-electron chi connectivity index (χ3n) is 4.98. The van der Waals surface area contributed by atoms with Crippen LogP contribution in [0.15, 0.2) is 47.5 Å². The summed E-state index contributed by atoms with van der Waals surface area (Å²) < 4.78 is 10.4. The van der Waals surface area contributed by atoms with Crippen molar-refractivity contribution in [2.75, 3.05) is 39.9 Å². The molecule has 3 rings (SSSR count). The fraction of sp³-hybridized carbons (Fsp3) is 0.550. The molecule has 0 amide bonds. The van der Waals surface area contributed by atoms with Crippen LogP contribution >= 0.6 is 0 Å². The molecule has 0 saturated carbocycles. The standard InChI is InChI=1S/C20H29N3O2/c1-24-13-11-22-9-4-19(5-10-22)15-23(16-20-6-12-25-17-20)14-18-2-7-21-8-3-18/h2-3,6-8,12,17,19H,4-5,9-11,13-16H2,1H3. The van der Waals surface area contributed by atoms with Crippen LogP contribution in [-0.4, -0.2) is 54.7 Å². The summed E-state index contributed by atoms with van der Waals surface area (Å²) in [5, 5.41) is 0. The van der Waals surface area contributed by atoms with Crippen molar-refractivity contribution in [3.63, 3.8) is 0 Å². The molecule has 1 aliphatic rings. The zero-order valence-electron chi connectivity index (χ0n) is 15.1. The average molecular weight is 343 g/mol. The van der Waals surface area contributed by atoms with E-state index in [1.807, 2.05) is 18.7 Å². The first-order valence-corrected chi connectivity index (χ1v) is 9.17. The number of hydrogen-bond acceptors (Lipinski definition) is 5. The number of likely N-dealkylation sites (tertiary alicyclic amines) is 1. The fourth-order valence-corrected chi connectivity index (χ4v) is 3.55. The number of piperidine rings is 1. The summed E-state index contributed by atoms with van der Waals surface area (Å²) in [5.41, 5.74) is 2.56. The zero-order valence-corrected chi connectivity index (χ0v) is 15.1. The van der Waals surface area contributed by atoms with Crippen LogP contribution in [0.4, 0.5) is 0 Å². The number of nitrogens with zero attached hydrogens (tertiary/aromatic N) is 3. The van der Waals surface area contributed by atoms with Crippen LogP contribution in [0.2, 0.25) is 0 Å². The minimum Gasteiger partial charge on any atom is -0.472 e. The molecule has 2 aromatic heterocycles. The van der Waals surface area contributed by atoms with Gasteiger partial charge in [0, 0.05) is 51.2 Å². The Balaban J connectivity index is 1.54. The van der Waals surface area contributed by atoms with Gasteiger partial charge in [0.15, 0.2) is 0 Å². The molecule has 0 unspecified atom stereocenters. The second kappa shape index (κ2) is 9.70. The smallest absolute Gasteiger partial charge is 0.0947 e. The quantitative estimate of drug-likeness (QED) is 0.700. The normalized spacial score (nSPS) is 16.6. The minimum absolute atomic E-state index is 0.757. The van der Waals surface area contributed by atoms with Gasteiger partial charge in [-0.15, -0.1) is 0 Å². The van der Waals surface area contributed by atoms with Gasteiger partial charge in [0.25, 0.3) is 0 Å². The van der Waals surface area contributed by atoms with Gasteiger partial charge >= 0.3 is 0 Å². The van der Waals surface area contributed by atoms with E-state index in [4.69, 9.17) is 9.15 Å². The predicted octanol–water partition coefficient (Wildman–Crippen LogP) is 3.04. The number of furan rings is 1. The number of aromatic nitrogens is 1. The first-order valence-electron chi connectivity index (χ1n) is 9.17. The largest absolute Gasteiger partial charge is 0.472 e. The average Bonchev–Trinajstić information content (AvgIpc) is 3.15. The molecule has 0 aliphatic carbocycles. The fourth-order valence-electron chi connectivity index (χ4n) is 3.55. The van der Waals surface area contributed by atoms with E-state index in [2.05, 4.69) is 33.0 Å². The summed E-state index contributed by atoms with van der Waals surface area (Å²) in [6, 6.07) is 6.28. The maximum atomic E-state index is 5.25. The molecule has 1 saturated heterocycles. The Morgan fingerprint density at radius 1 is 1.16 bits per heavy atom. The van der Waals surface area contributed by atoms with Gasteiger partial charge in [-0.2, -0.15) is 0 Å². The van der Waals surface area contributed by atoms with Crippen LogP contribution in [0.5, 0.6) is 0 Å². The van der Waals surface area contributed by atoms with Crippen molar-refractivity contribution in [3.05, 3.63) is 54.2 Å². The van der Waals surface area contributed by atoms with E-state index >= 15 is 0 Å². The second-order valence-corrected chi connectivity index (χ2v) is 6.93. The van der Waals surface area contributed by atoms with Gasteiger partial charge in [-0.25, -0.2) is 0 Å². The highest BCUT2D eigenvalue weighted by Gasteiger charge is 2.21. The van der Waals surface area contributed by atoms with Crippen molar-refractivity contribution in [3.8, 4) is 0 Å². The Labute approximate surface area is 150 Å². The van der Waals surface area contributed by atoms with Gasteiger partial charge in [0.1, 0.15) is 0 Å². The molecular weight excluding hydrogens is 314 g/mol. The number of rotatable bonds is 9. The van der Waals surface area contributed by atoms with Crippen molar-refractivity contribution >= 4 is 0 Å². The molecule has 1 fully saturated rings. The van der Waals surface area contributed by atoms with Gasteiger partial charge in [-0.1, -0.05) is 0 Å². The Kier molecular flexibility index (Phi) is 7.03. The lowest BCUT2D eigenvalue weighted by molar-refractivity contribution is 0.103.